The fourth-order valence-electron chi connectivity index (χ4n) is 2.65. The van der Waals surface area contributed by atoms with Gasteiger partial charge >= 0.3 is 0 Å². The molecule has 1 atom stereocenters. The minimum atomic E-state index is -0.0367. The molecule has 1 amide bonds. The first-order valence-corrected chi connectivity index (χ1v) is 7.42. The molecule has 0 aliphatic carbocycles. The van der Waals surface area contributed by atoms with E-state index >= 15 is 0 Å². The van der Waals surface area contributed by atoms with Crippen LogP contribution in [0.1, 0.15) is 37.8 Å². The zero-order valence-electron chi connectivity index (χ0n) is 11.4. The Morgan fingerprint density at radius 1 is 1.32 bits per heavy atom. The smallest absolute Gasteiger partial charge is 0.275 e. The van der Waals surface area contributed by atoms with Crippen LogP contribution in [-0.4, -0.2) is 25.5 Å². The molecule has 0 aromatic heterocycles. The van der Waals surface area contributed by atoms with Crippen molar-refractivity contribution >= 4 is 17.5 Å². The topological polar surface area (TPSA) is 33.5 Å². The number of carbonyl (C=O) groups is 1. The molecule has 104 valence electrons. The predicted octanol–water partition coefficient (Wildman–Crippen LogP) is 1.59. The van der Waals surface area contributed by atoms with Crippen LogP contribution >= 0.6 is 11.6 Å². The third-order valence-electron chi connectivity index (χ3n) is 3.72. The van der Waals surface area contributed by atoms with Gasteiger partial charge in [0.05, 0.1) is 19.1 Å². The Bertz CT molecular complexity index is 430. The maximum Gasteiger partial charge on any atom is 0.275 e. The maximum absolute atomic E-state index is 12.0. The summed E-state index contributed by atoms with van der Waals surface area (Å²) in [7, 11) is 0. The van der Waals surface area contributed by atoms with Gasteiger partial charge in [0, 0.05) is 5.02 Å². The summed E-state index contributed by atoms with van der Waals surface area (Å²) < 4.78 is 0. The molecule has 2 N–H and O–H groups in total. The first-order valence-electron chi connectivity index (χ1n) is 7.04. The van der Waals surface area contributed by atoms with E-state index in [1.807, 2.05) is 31.2 Å². The van der Waals surface area contributed by atoms with Crippen molar-refractivity contribution in [1.82, 2.24) is 5.32 Å². The number of benzene rings is 1. The molecular weight excluding hydrogens is 260 g/mol. The number of halogens is 1. The number of rotatable bonds is 4. The third-order valence-corrected chi connectivity index (χ3v) is 4.06. The van der Waals surface area contributed by atoms with E-state index in [0.717, 1.165) is 18.7 Å². The summed E-state index contributed by atoms with van der Waals surface area (Å²) in [5, 5.41) is 3.75. The van der Waals surface area contributed by atoms with Crippen LogP contribution in [0.15, 0.2) is 24.3 Å². The molecule has 1 aliphatic heterocycles. The van der Waals surface area contributed by atoms with E-state index in [-0.39, 0.29) is 11.9 Å². The summed E-state index contributed by atoms with van der Waals surface area (Å²) in [5.74, 6) is 0.115. The first kappa shape index (κ1) is 14.4. The van der Waals surface area contributed by atoms with Gasteiger partial charge in [-0.25, -0.2) is 0 Å². The summed E-state index contributed by atoms with van der Waals surface area (Å²) in [6.45, 7) is 4.79. The van der Waals surface area contributed by atoms with Crippen LogP contribution < -0.4 is 10.2 Å². The normalized spacial score (nSPS) is 18.0. The van der Waals surface area contributed by atoms with E-state index in [4.69, 9.17) is 11.6 Å². The average molecular weight is 282 g/mol. The number of amides is 1. The van der Waals surface area contributed by atoms with Gasteiger partial charge in [-0.2, -0.15) is 0 Å². The Morgan fingerprint density at radius 2 is 2.00 bits per heavy atom. The van der Waals surface area contributed by atoms with E-state index in [0.29, 0.717) is 11.6 Å². The van der Waals surface area contributed by atoms with Gasteiger partial charge in [-0.3, -0.25) is 4.79 Å². The summed E-state index contributed by atoms with van der Waals surface area (Å²) in [6, 6.07) is 7.62. The zero-order chi connectivity index (χ0) is 13.7. The van der Waals surface area contributed by atoms with Crippen molar-refractivity contribution in [3.8, 4) is 0 Å². The molecule has 3 nitrogen and oxygen atoms in total. The van der Waals surface area contributed by atoms with Crippen molar-refractivity contribution in [3.05, 3.63) is 34.9 Å². The molecule has 1 aliphatic rings. The average Bonchev–Trinajstić information content (AvgIpc) is 2.40. The van der Waals surface area contributed by atoms with Crippen LogP contribution in [0.4, 0.5) is 0 Å². The fourth-order valence-corrected chi connectivity index (χ4v) is 2.95. The Labute approximate surface area is 119 Å². The van der Waals surface area contributed by atoms with Gasteiger partial charge in [-0.05, 0) is 37.8 Å². The lowest BCUT2D eigenvalue weighted by molar-refractivity contribution is -0.896. The Hall–Kier alpha value is -1.06. The lowest BCUT2D eigenvalue weighted by Crippen LogP contribution is -3.13. The fraction of sp³-hybridized carbons (Fsp3) is 0.533. The monoisotopic (exact) mass is 281 g/mol. The van der Waals surface area contributed by atoms with Crippen LogP contribution in [0.2, 0.25) is 5.02 Å². The molecule has 1 fully saturated rings. The summed E-state index contributed by atoms with van der Waals surface area (Å²) in [6.07, 6.45) is 3.78. The largest absolute Gasteiger partial charge is 0.345 e. The second-order valence-electron chi connectivity index (χ2n) is 5.30. The van der Waals surface area contributed by atoms with Gasteiger partial charge in [0.15, 0.2) is 6.54 Å². The van der Waals surface area contributed by atoms with E-state index in [1.165, 1.54) is 24.2 Å². The molecule has 1 heterocycles. The molecule has 0 unspecified atom stereocenters. The molecule has 1 aromatic carbocycles. The van der Waals surface area contributed by atoms with E-state index in [1.54, 1.807) is 0 Å². The van der Waals surface area contributed by atoms with E-state index < -0.39 is 0 Å². The Balaban J connectivity index is 1.86. The Kier molecular flexibility index (Phi) is 5.23. The molecule has 0 radical (unpaired) electrons. The van der Waals surface area contributed by atoms with E-state index in [9.17, 15) is 4.79 Å². The molecule has 0 spiro atoms. The highest BCUT2D eigenvalue weighted by Crippen LogP contribution is 2.21. The van der Waals surface area contributed by atoms with E-state index in [2.05, 4.69) is 5.32 Å². The van der Waals surface area contributed by atoms with Crippen molar-refractivity contribution in [2.75, 3.05) is 19.6 Å². The van der Waals surface area contributed by atoms with Gasteiger partial charge in [0.2, 0.25) is 0 Å². The van der Waals surface area contributed by atoms with Crippen LogP contribution in [0.25, 0.3) is 0 Å². The Morgan fingerprint density at radius 3 is 2.68 bits per heavy atom. The van der Waals surface area contributed by atoms with Gasteiger partial charge in [-0.15, -0.1) is 0 Å². The SMILES string of the molecule is C[C@@H](NC(=O)C[NH+]1CCCCC1)c1ccccc1Cl. The highest BCUT2D eigenvalue weighted by atomic mass is 35.5. The number of hydrogen-bond donors (Lipinski definition) is 2. The molecule has 2 rings (SSSR count). The zero-order valence-corrected chi connectivity index (χ0v) is 12.2. The van der Waals surface area contributed by atoms with Crippen LogP contribution in [0.3, 0.4) is 0 Å². The molecule has 19 heavy (non-hydrogen) atoms. The number of hydrogen-bond acceptors (Lipinski definition) is 1. The summed E-state index contributed by atoms with van der Waals surface area (Å²) in [5.41, 5.74) is 0.978. The number of likely N-dealkylation sites (tertiary alicyclic amines) is 1. The number of piperidine rings is 1. The number of nitrogens with one attached hydrogen (secondary N) is 2. The van der Waals surface area contributed by atoms with Crippen molar-refractivity contribution in [2.24, 2.45) is 0 Å². The number of quaternary nitrogens is 1. The molecule has 1 aromatic rings. The predicted molar refractivity (Wildman–Crippen MR) is 77.4 cm³/mol. The molecule has 0 bridgehead atoms. The first-order chi connectivity index (χ1) is 9.16. The van der Waals surface area contributed by atoms with Crippen LogP contribution in [0.5, 0.6) is 0 Å². The highest BCUT2D eigenvalue weighted by Gasteiger charge is 2.19. The van der Waals surface area contributed by atoms with Crippen LogP contribution in [0, 0.1) is 0 Å². The molecular formula is C15H22ClN2O+. The quantitative estimate of drug-likeness (QED) is 0.863. The second kappa shape index (κ2) is 6.92. The lowest BCUT2D eigenvalue weighted by Gasteiger charge is -2.24. The van der Waals surface area contributed by atoms with Gasteiger partial charge in [0.1, 0.15) is 0 Å². The second-order valence-corrected chi connectivity index (χ2v) is 5.71. The van der Waals surface area contributed by atoms with Gasteiger partial charge in [0.25, 0.3) is 5.91 Å². The van der Waals surface area contributed by atoms with Gasteiger partial charge < -0.3 is 10.2 Å². The highest BCUT2D eigenvalue weighted by molar-refractivity contribution is 6.31. The third kappa shape index (κ3) is 4.22. The van der Waals surface area contributed by atoms with Crippen molar-refractivity contribution in [1.29, 1.82) is 0 Å². The van der Waals surface area contributed by atoms with Crippen molar-refractivity contribution < 1.29 is 9.69 Å². The number of carbonyl (C=O) groups excluding carboxylic acids is 1. The van der Waals surface area contributed by atoms with Crippen molar-refractivity contribution in [2.45, 2.75) is 32.2 Å². The lowest BCUT2D eigenvalue weighted by atomic mass is 10.1. The maximum atomic E-state index is 12.0. The summed E-state index contributed by atoms with van der Waals surface area (Å²) in [4.78, 5) is 13.4. The van der Waals surface area contributed by atoms with Gasteiger partial charge in [-0.1, -0.05) is 29.8 Å². The van der Waals surface area contributed by atoms with Crippen molar-refractivity contribution in [3.63, 3.8) is 0 Å². The minimum absolute atomic E-state index is 0.0367. The molecule has 0 saturated carbocycles. The standard InChI is InChI=1S/C15H21ClN2O/c1-12(13-7-3-4-8-14(13)16)17-15(19)11-18-9-5-2-6-10-18/h3-4,7-8,12H,2,5-6,9-11H2,1H3,(H,17,19)/p+1/t12-/m1/s1. The molecule has 4 heteroatoms. The molecule has 1 saturated heterocycles. The minimum Gasteiger partial charge on any atom is -0.345 e. The summed E-state index contributed by atoms with van der Waals surface area (Å²) >= 11 is 6.14. The van der Waals surface area contributed by atoms with Crippen LogP contribution in [-0.2, 0) is 4.79 Å².